The lowest BCUT2D eigenvalue weighted by atomic mass is 10.3. The van der Waals surface area contributed by atoms with Gasteiger partial charge in [0.25, 0.3) is 0 Å². The lowest BCUT2D eigenvalue weighted by Crippen LogP contribution is -2.20. The van der Waals surface area contributed by atoms with Crippen LogP contribution in [0.15, 0.2) is 21.2 Å². The number of hydrogen-bond acceptors (Lipinski definition) is 6. The molecule has 2 rings (SSSR count). The SMILES string of the molecule is O=C(CCc1nnc(-c2ccsc2)o1)OCC(F)(F)F. The minimum atomic E-state index is -4.52. The second kappa shape index (κ2) is 6.04. The Morgan fingerprint density at radius 3 is 2.85 bits per heavy atom. The molecule has 2 aromatic rings. The number of aromatic nitrogens is 2. The quantitative estimate of drug-likeness (QED) is 0.795. The van der Waals surface area contributed by atoms with Crippen LogP contribution >= 0.6 is 11.3 Å². The average Bonchev–Trinajstić information content (AvgIpc) is 3.03. The van der Waals surface area contributed by atoms with Crippen LogP contribution in [0.1, 0.15) is 12.3 Å². The maximum Gasteiger partial charge on any atom is 0.422 e. The predicted octanol–water partition coefficient (Wildman–Crippen LogP) is 2.84. The van der Waals surface area contributed by atoms with E-state index in [-0.39, 0.29) is 18.7 Å². The van der Waals surface area contributed by atoms with E-state index in [1.165, 1.54) is 11.3 Å². The summed E-state index contributed by atoms with van der Waals surface area (Å²) in [5.41, 5.74) is 0.758. The Hall–Kier alpha value is -1.90. The normalized spacial score (nSPS) is 11.6. The summed E-state index contributed by atoms with van der Waals surface area (Å²) in [4.78, 5) is 11.1. The van der Waals surface area contributed by atoms with Crippen molar-refractivity contribution in [3.05, 3.63) is 22.7 Å². The number of thiophene rings is 1. The number of alkyl halides is 3. The molecular weight excluding hydrogens is 297 g/mol. The van der Waals surface area contributed by atoms with Crippen LogP contribution < -0.4 is 0 Å². The first-order valence-corrected chi connectivity index (χ1v) is 6.45. The third-order valence-electron chi connectivity index (χ3n) is 2.17. The van der Waals surface area contributed by atoms with Gasteiger partial charge in [-0.2, -0.15) is 24.5 Å². The summed E-state index contributed by atoms with van der Waals surface area (Å²) in [6.07, 6.45) is -4.73. The number of ether oxygens (including phenoxy) is 1. The van der Waals surface area contributed by atoms with Crippen molar-refractivity contribution in [2.75, 3.05) is 6.61 Å². The Bertz CT molecular complexity index is 566. The standard InChI is InChI=1S/C11H9F3N2O3S/c12-11(13,14)6-18-9(17)2-1-8-15-16-10(19-8)7-3-4-20-5-7/h3-5H,1-2,6H2. The molecule has 0 spiro atoms. The van der Waals surface area contributed by atoms with Crippen molar-refractivity contribution in [2.24, 2.45) is 0 Å². The minimum absolute atomic E-state index is 0.0355. The summed E-state index contributed by atoms with van der Waals surface area (Å²) in [6, 6.07) is 1.79. The maximum atomic E-state index is 11.8. The molecule has 9 heteroatoms. The van der Waals surface area contributed by atoms with Crippen molar-refractivity contribution < 1.29 is 27.1 Å². The Labute approximate surface area is 115 Å². The second-order valence-electron chi connectivity index (χ2n) is 3.79. The van der Waals surface area contributed by atoms with Crippen LogP contribution in [0.25, 0.3) is 11.5 Å². The molecule has 0 N–H and O–H groups in total. The van der Waals surface area contributed by atoms with Crippen LogP contribution in [0.3, 0.4) is 0 Å². The van der Waals surface area contributed by atoms with Gasteiger partial charge in [0, 0.05) is 17.4 Å². The number of hydrogen-bond donors (Lipinski definition) is 0. The highest BCUT2D eigenvalue weighted by molar-refractivity contribution is 7.08. The van der Waals surface area contributed by atoms with Gasteiger partial charge in [-0.1, -0.05) is 0 Å². The van der Waals surface area contributed by atoms with Gasteiger partial charge in [-0.25, -0.2) is 0 Å². The van der Waals surface area contributed by atoms with Gasteiger partial charge in [0.15, 0.2) is 6.61 Å². The van der Waals surface area contributed by atoms with E-state index in [2.05, 4.69) is 14.9 Å². The fraction of sp³-hybridized carbons (Fsp3) is 0.364. The zero-order chi connectivity index (χ0) is 14.6. The van der Waals surface area contributed by atoms with Crippen LogP contribution in [0.2, 0.25) is 0 Å². The molecule has 2 heterocycles. The molecule has 108 valence electrons. The fourth-order valence-electron chi connectivity index (χ4n) is 1.30. The molecule has 0 bridgehead atoms. The molecule has 0 radical (unpaired) electrons. The molecule has 0 amide bonds. The number of carbonyl (C=O) groups is 1. The highest BCUT2D eigenvalue weighted by Crippen LogP contribution is 2.21. The van der Waals surface area contributed by atoms with Crippen LogP contribution in [0.4, 0.5) is 13.2 Å². The Kier molecular flexibility index (Phi) is 4.38. The summed E-state index contributed by atoms with van der Waals surface area (Å²) >= 11 is 1.46. The zero-order valence-corrected chi connectivity index (χ0v) is 10.8. The second-order valence-corrected chi connectivity index (χ2v) is 4.57. The van der Waals surface area contributed by atoms with E-state index in [0.717, 1.165) is 5.56 Å². The molecule has 0 aromatic carbocycles. The predicted molar refractivity (Wildman–Crippen MR) is 62.9 cm³/mol. The first-order chi connectivity index (χ1) is 9.44. The smallest absolute Gasteiger partial charge is 0.422 e. The molecule has 0 fully saturated rings. The average molecular weight is 306 g/mol. The van der Waals surface area contributed by atoms with Crippen molar-refractivity contribution >= 4 is 17.3 Å². The largest absolute Gasteiger partial charge is 0.456 e. The van der Waals surface area contributed by atoms with E-state index in [4.69, 9.17) is 4.42 Å². The first kappa shape index (κ1) is 14.5. The highest BCUT2D eigenvalue weighted by atomic mass is 32.1. The van der Waals surface area contributed by atoms with E-state index < -0.39 is 18.8 Å². The molecule has 0 saturated heterocycles. The summed E-state index contributed by atoms with van der Waals surface area (Å²) < 4.78 is 44.8. The van der Waals surface area contributed by atoms with Crippen molar-refractivity contribution in [3.63, 3.8) is 0 Å². The summed E-state index contributed by atoms with van der Waals surface area (Å²) in [5.74, 6) is -0.474. The van der Waals surface area contributed by atoms with Crippen LogP contribution in [0, 0.1) is 0 Å². The lowest BCUT2D eigenvalue weighted by Gasteiger charge is -2.06. The van der Waals surface area contributed by atoms with Gasteiger partial charge >= 0.3 is 12.1 Å². The molecule has 0 aliphatic carbocycles. The van der Waals surface area contributed by atoms with E-state index in [1.54, 1.807) is 6.07 Å². The van der Waals surface area contributed by atoms with E-state index >= 15 is 0 Å². The minimum Gasteiger partial charge on any atom is -0.456 e. The van der Waals surface area contributed by atoms with Crippen molar-refractivity contribution in [1.29, 1.82) is 0 Å². The van der Waals surface area contributed by atoms with Crippen molar-refractivity contribution in [1.82, 2.24) is 10.2 Å². The van der Waals surface area contributed by atoms with Gasteiger partial charge < -0.3 is 9.15 Å². The monoisotopic (exact) mass is 306 g/mol. The molecule has 5 nitrogen and oxygen atoms in total. The third kappa shape index (κ3) is 4.34. The van der Waals surface area contributed by atoms with Gasteiger partial charge in [0.05, 0.1) is 6.42 Å². The Morgan fingerprint density at radius 1 is 1.40 bits per heavy atom. The van der Waals surface area contributed by atoms with Crippen LogP contribution in [-0.2, 0) is 16.0 Å². The molecule has 0 aliphatic heterocycles. The summed E-state index contributed by atoms with van der Waals surface area (Å²) in [7, 11) is 0. The molecule has 0 aliphatic rings. The molecule has 0 saturated carbocycles. The Balaban J connectivity index is 1.81. The number of nitrogens with zero attached hydrogens (tertiary/aromatic N) is 2. The highest BCUT2D eigenvalue weighted by Gasteiger charge is 2.29. The summed E-state index contributed by atoms with van der Waals surface area (Å²) in [6.45, 7) is -1.59. The molecular formula is C11H9F3N2O3S. The fourth-order valence-corrected chi connectivity index (χ4v) is 1.93. The van der Waals surface area contributed by atoms with Gasteiger partial charge in [-0.15, -0.1) is 10.2 Å². The van der Waals surface area contributed by atoms with Gasteiger partial charge in [-0.3, -0.25) is 4.79 Å². The third-order valence-corrected chi connectivity index (χ3v) is 2.86. The van der Waals surface area contributed by atoms with Crippen LogP contribution in [0.5, 0.6) is 0 Å². The molecule has 0 atom stereocenters. The number of halogens is 3. The van der Waals surface area contributed by atoms with Crippen LogP contribution in [-0.4, -0.2) is 28.9 Å². The number of esters is 1. The van der Waals surface area contributed by atoms with E-state index in [0.29, 0.717) is 5.89 Å². The van der Waals surface area contributed by atoms with Gasteiger partial charge in [-0.05, 0) is 11.4 Å². The number of rotatable bonds is 5. The summed E-state index contributed by atoms with van der Waals surface area (Å²) in [5, 5.41) is 11.1. The lowest BCUT2D eigenvalue weighted by molar-refractivity contribution is -0.186. The first-order valence-electron chi connectivity index (χ1n) is 5.51. The van der Waals surface area contributed by atoms with Crippen molar-refractivity contribution in [2.45, 2.75) is 19.0 Å². The van der Waals surface area contributed by atoms with Gasteiger partial charge in [0.1, 0.15) is 0 Å². The zero-order valence-electron chi connectivity index (χ0n) is 10.0. The van der Waals surface area contributed by atoms with Crippen molar-refractivity contribution in [3.8, 4) is 11.5 Å². The number of aryl methyl sites for hydroxylation is 1. The maximum absolute atomic E-state index is 11.8. The molecule has 0 unspecified atom stereocenters. The molecule has 2 aromatic heterocycles. The number of carbonyl (C=O) groups excluding carboxylic acids is 1. The van der Waals surface area contributed by atoms with E-state index in [9.17, 15) is 18.0 Å². The van der Waals surface area contributed by atoms with Gasteiger partial charge in [0.2, 0.25) is 11.8 Å². The molecule has 20 heavy (non-hydrogen) atoms. The Morgan fingerprint density at radius 2 is 2.20 bits per heavy atom. The van der Waals surface area contributed by atoms with E-state index in [1.807, 2.05) is 10.8 Å². The topological polar surface area (TPSA) is 65.2 Å².